The van der Waals surface area contributed by atoms with Crippen LogP contribution in [0.25, 0.3) is 5.69 Å². The van der Waals surface area contributed by atoms with Crippen LogP contribution in [0.4, 0.5) is 11.4 Å². The number of carbonyl (C=O) groups excluding carboxylic acids is 1. The third-order valence-corrected chi connectivity index (χ3v) is 3.94. The van der Waals surface area contributed by atoms with Crippen molar-refractivity contribution >= 4 is 23.6 Å². The molecule has 0 aliphatic heterocycles. The zero-order valence-corrected chi connectivity index (χ0v) is 15.2. The van der Waals surface area contributed by atoms with Crippen molar-refractivity contribution in [3.05, 3.63) is 80.3 Å². The largest absolute Gasteiger partial charge is 0.506 e. The Morgan fingerprint density at radius 2 is 1.97 bits per heavy atom. The molecule has 0 amide bonds. The number of ether oxygens (including phenoxy) is 1. The Morgan fingerprint density at radius 3 is 2.59 bits per heavy atom. The molecule has 0 unspecified atom stereocenters. The molecule has 0 saturated carbocycles. The molecule has 0 atom stereocenters. The van der Waals surface area contributed by atoms with Crippen LogP contribution in [-0.2, 0) is 4.74 Å². The van der Waals surface area contributed by atoms with Crippen molar-refractivity contribution < 1.29 is 19.6 Å². The number of aromatic amines is 1. The van der Waals surface area contributed by atoms with Gasteiger partial charge in [-0.2, -0.15) is 0 Å². The summed E-state index contributed by atoms with van der Waals surface area (Å²) in [5.41, 5.74) is -0.459. The third kappa shape index (κ3) is 4.05. The van der Waals surface area contributed by atoms with E-state index >= 15 is 0 Å². The number of phenolic OH excluding ortho intramolecular Hbond substituents is 1. The third-order valence-electron chi connectivity index (χ3n) is 3.94. The molecule has 0 radical (unpaired) electrons. The smallest absolute Gasteiger partial charge is 0.357 e. The number of nitro benzene ring substituents is 1. The van der Waals surface area contributed by atoms with E-state index in [1.807, 2.05) is 0 Å². The molecule has 0 fully saturated rings. The molecule has 1 aromatic heterocycles. The number of hydrogen-bond donors (Lipinski definition) is 2. The van der Waals surface area contributed by atoms with Gasteiger partial charge < -0.3 is 9.84 Å². The molecule has 2 N–H and O–H groups in total. The fourth-order valence-electron chi connectivity index (χ4n) is 2.54. The Hall–Kier alpha value is -4.21. The van der Waals surface area contributed by atoms with Gasteiger partial charge in [-0.1, -0.05) is 12.1 Å². The molecule has 148 valence electrons. The van der Waals surface area contributed by atoms with E-state index in [0.717, 1.165) is 10.9 Å². The first-order valence-corrected chi connectivity index (χ1v) is 8.51. The number of non-ortho nitro benzene ring substituents is 1. The number of aliphatic imine (C=N–C) groups is 1. The molecule has 0 spiro atoms. The van der Waals surface area contributed by atoms with Gasteiger partial charge in [-0.25, -0.2) is 9.48 Å². The van der Waals surface area contributed by atoms with Crippen LogP contribution in [0.2, 0.25) is 0 Å². The number of hydrogen-bond acceptors (Lipinski definition) is 7. The van der Waals surface area contributed by atoms with Crippen LogP contribution in [-0.4, -0.2) is 38.6 Å². The monoisotopic (exact) mass is 396 g/mol. The second kappa shape index (κ2) is 8.21. The highest BCUT2D eigenvalue weighted by atomic mass is 16.6. The summed E-state index contributed by atoms with van der Waals surface area (Å²) < 4.78 is 6.03. The lowest BCUT2D eigenvalue weighted by Gasteiger charge is -2.02. The number of rotatable bonds is 6. The Labute approximate surface area is 163 Å². The maximum Gasteiger partial charge on any atom is 0.357 e. The zero-order valence-electron chi connectivity index (χ0n) is 15.2. The number of phenols is 1. The van der Waals surface area contributed by atoms with Crippen molar-refractivity contribution in [2.75, 3.05) is 6.61 Å². The lowest BCUT2D eigenvalue weighted by Crippen LogP contribution is -2.17. The van der Waals surface area contributed by atoms with Gasteiger partial charge >= 0.3 is 5.97 Å². The summed E-state index contributed by atoms with van der Waals surface area (Å²) in [5.74, 6) is -0.850. The van der Waals surface area contributed by atoms with Gasteiger partial charge in [-0.15, -0.1) is 0 Å². The summed E-state index contributed by atoms with van der Waals surface area (Å²) in [5, 5.41) is 23.3. The number of nitrogens with zero attached hydrogens (tertiary/aromatic N) is 3. The molecule has 10 nitrogen and oxygen atoms in total. The Balaban J connectivity index is 2.09. The normalized spacial score (nSPS) is 10.9. The van der Waals surface area contributed by atoms with Crippen LogP contribution in [0.3, 0.4) is 0 Å². The lowest BCUT2D eigenvalue weighted by molar-refractivity contribution is -0.384. The fraction of sp³-hybridized carbons (Fsp3) is 0.105. The fourth-order valence-corrected chi connectivity index (χ4v) is 2.54. The Morgan fingerprint density at radius 1 is 1.28 bits per heavy atom. The van der Waals surface area contributed by atoms with E-state index in [1.54, 1.807) is 19.1 Å². The number of nitrogens with one attached hydrogen (secondary N) is 1. The van der Waals surface area contributed by atoms with Gasteiger partial charge in [0, 0.05) is 18.3 Å². The Bertz CT molecular complexity index is 1140. The predicted molar refractivity (Wildman–Crippen MR) is 104 cm³/mol. The zero-order chi connectivity index (χ0) is 21.0. The molecule has 0 saturated heterocycles. The Kier molecular flexibility index (Phi) is 5.54. The van der Waals surface area contributed by atoms with Crippen LogP contribution >= 0.6 is 0 Å². The van der Waals surface area contributed by atoms with Crippen LogP contribution in [0.15, 0.2) is 58.3 Å². The molecule has 3 rings (SSSR count). The van der Waals surface area contributed by atoms with Crippen molar-refractivity contribution in [3.8, 4) is 11.4 Å². The van der Waals surface area contributed by atoms with Crippen molar-refractivity contribution in [1.82, 2.24) is 9.78 Å². The van der Waals surface area contributed by atoms with E-state index in [1.165, 1.54) is 36.4 Å². The van der Waals surface area contributed by atoms with E-state index in [4.69, 9.17) is 4.74 Å². The van der Waals surface area contributed by atoms with Crippen molar-refractivity contribution in [3.63, 3.8) is 0 Å². The number of para-hydroxylation sites is 2. The number of H-pyrrole nitrogens is 1. The van der Waals surface area contributed by atoms with Gasteiger partial charge in [0.15, 0.2) is 5.69 Å². The topological polar surface area (TPSA) is 140 Å². The second-order valence-electron chi connectivity index (χ2n) is 5.78. The van der Waals surface area contributed by atoms with Gasteiger partial charge in [0.1, 0.15) is 11.4 Å². The van der Waals surface area contributed by atoms with E-state index in [0.29, 0.717) is 0 Å². The number of aromatic hydroxyl groups is 1. The number of aromatic nitrogens is 2. The number of esters is 1. The molecular formula is C19H16N4O6. The minimum absolute atomic E-state index is 0.0787. The quantitative estimate of drug-likeness (QED) is 0.284. The summed E-state index contributed by atoms with van der Waals surface area (Å²) in [4.78, 5) is 39.5. The summed E-state index contributed by atoms with van der Waals surface area (Å²) in [6.45, 7) is 1.72. The van der Waals surface area contributed by atoms with Crippen LogP contribution < -0.4 is 5.56 Å². The highest BCUT2D eigenvalue weighted by Gasteiger charge is 2.21. The molecule has 1 heterocycles. The van der Waals surface area contributed by atoms with Gasteiger partial charge in [0.2, 0.25) is 0 Å². The molecule has 10 heteroatoms. The lowest BCUT2D eigenvalue weighted by atomic mass is 10.2. The number of carbonyl (C=O) groups is 1. The molecule has 3 aromatic rings. The first-order valence-electron chi connectivity index (χ1n) is 8.51. The standard InChI is InChI=1S/C19H16N4O6/c1-2-29-19(26)17-14(11-20-15-5-3-4-6-16(15)24)18(25)22(21-17)12-7-9-13(10-8-12)23(27)28/h3-11,21,24H,2H2,1H3. The van der Waals surface area contributed by atoms with E-state index < -0.39 is 16.5 Å². The van der Waals surface area contributed by atoms with Crippen LogP contribution in [0.1, 0.15) is 23.0 Å². The second-order valence-corrected chi connectivity index (χ2v) is 5.78. The minimum atomic E-state index is -0.760. The van der Waals surface area contributed by atoms with Gasteiger partial charge in [0.05, 0.1) is 22.8 Å². The minimum Gasteiger partial charge on any atom is -0.506 e. The van der Waals surface area contributed by atoms with Crippen LogP contribution in [0.5, 0.6) is 5.75 Å². The molecule has 2 aromatic carbocycles. The summed E-state index contributed by atoms with van der Waals surface area (Å²) in [6, 6.07) is 11.5. The number of nitro groups is 1. The van der Waals surface area contributed by atoms with E-state index in [2.05, 4.69) is 10.1 Å². The van der Waals surface area contributed by atoms with E-state index in [9.17, 15) is 24.8 Å². The molecular weight excluding hydrogens is 380 g/mol. The van der Waals surface area contributed by atoms with Gasteiger partial charge in [0.25, 0.3) is 11.2 Å². The highest BCUT2D eigenvalue weighted by molar-refractivity contribution is 5.98. The molecule has 29 heavy (non-hydrogen) atoms. The molecule has 0 bridgehead atoms. The van der Waals surface area contributed by atoms with Gasteiger partial charge in [-0.3, -0.25) is 25.0 Å². The first kappa shape index (κ1) is 19.5. The van der Waals surface area contributed by atoms with Crippen molar-refractivity contribution in [2.45, 2.75) is 6.92 Å². The SMILES string of the molecule is CCOC(=O)c1[nH]n(-c2ccc([N+](=O)[O-])cc2)c(=O)c1C=Nc1ccccc1O. The molecule has 0 aliphatic rings. The van der Waals surface area contributed by atoms with Crippen molar-refractivity contribution in [1.29, 1.82) is 0 Å². The summed E-state index contributed by atoms with van der Waals surface area (Å²) in [6.07, 6.45) is 1.15. The summed E-state index contributed by atoms with van der Waals surface area (Å²) in [7, 11) is 0. The van der Waals surface area contributed by atoms with Crippen LogP contribution in [0, 0.1) is 10.1 Å². The highest BCUT2D eigenvalue weighted by Crippen LogP contribution is 2.24. The average molecular weight is 396 g/mol. The first-order chi connectivity index (χ1) is 13.9. The molecule has 0 aliphatic carbocycles. The van der Waals surface area contributed by atoms with Crippen molar-refractivity contribution in [2.24, 2.45) is 4.99 Å². The predicted octanol–water partition coefficient (Wildman–Crippen LogP) is 2.71. The maximum absolute atomic E-state index is 12.9. The summed E-state index contributed by atoms with van der Waals surface area (Å²) >= 11 is 0. The van der Waals surface area contributed by atoms with Gasteiger partial charge in [-0.05, 0) is 31.2 Å². The average Bonchev–Trinajstić information content (AvgIpc) is 3.04. The number of benzene rings is 2. The van der Waals surface area contributed by atoms with E-state index in [-0.39, 0.29) is 40.7 Å². The maximum atomic E-state index is 12.9.